The lowest BCUT2D eigenvalue weighted by molar-refractivity contribution is -0.138. The van der Waals surface area contributed by atoms with Crippen LogP contribution in [-0.2, 0) is 16.6 Å². The van der Waals surface area contributed by atoms with Gasteiger partial charge in [0, 0.05) is 37.0 Å². The predicted octanol–water partition coefficient (Wildman–Crippen LogP) is 2.74. The molecular formula is C25H34N2O3. The number of hydrogen-bond donors (Lipinski definition) is 1. The molecule has 30 heavy (non-hydrogen) atoms. The smallest absolute Gasteiger partial charge is 0.225 e. The maximum atomic E-state index is 13.4. The van der Waals surface area contributed by atoms with E-state index < -0.39 is 5.60 Å². The zero-order valence-corrected chi connectivity index (χ0v) is 18.1. The Kier molecular flexibility index (Phi) is 4.27. The Morgan fingerprint density at radius 3 is 2.73 bits per heavy atom. The Bertz CT molecular complexity index is 862. The maximum absolute atomic E-state index is 13.4. The SMILES string of the molecule is COc1ccc2c(c1)[C@]13CCN(CC4CC4)[C@H](C2)[C@]1(O)C[C@@H](C(=O)N1CCCC1)C3. The fraction of sp³-hybridized carbons (Fsp3) is 0.720. The molecule has 0 spiro atoms. The minimum Gasteiger partial charge on any atom is -0.497 e. The number of nitrogens with zero attached hydrogens (tertiary/aromatic N) is 2. The van der Waals surface area contributed by atoms with Crippen molar-refractivity contribution in [2.24, 2.45) is 11.8 Å². The summed E-state index contributed by atoms with van der Waals surface area (Å²) in [6.07, 6.45) is 8.12. The number of benzene rings is 1. The Hall–Kier alpha value is -1.59. The Morgan fingerprint density at radius 2 is 2.00 bits per heavy atom. The van der Waals surface area contributed by atoms with E-state index in [9.17, 15) is 9.90 Å². The number of methoxy groups -OCH3 is 1. The van der Waals surface area contributed by atoms with E-state index in [1.54, 1.807) is 7.11 Å². The van der Waals surface area contributed by atoms with Crippen LogP contribution in [-0.4, -0.2) is 65.7 Å². The summed E-state index contributed by atoms with van der Waals surface area (Å²) in [7, 11) is 1.71. The van der Waals surface area contributed by atoms with Gasteiger partial charge in [-0.15, -0.1) is 0 Å². The molecule has 1 N–H and O–H groups in total. The number of amides is 1. The molecule has 2 aliphatic heterocycles. The van der Waals surface area contributed by atoms with Crippen LogP contribution in [0.4, 0.5) is 0 Å². The number of carbonyl (C=O) groups excluding carboxylic acids is 1. The predicted molar refractivity (Wildman–Crippen MR) is 115 cm³/mol. The van der Waals surface area contributed by atoms with Gasteiger partial charge in [-0.05, 0) is 87.1 Å². The number of hydrogen-bond acceptors (Lipinski definition) is 4. The van der Waals surface area contributed by atoms with Crippen molar-refractivity contribution in [3.8, 4) is 5.75 Å². The molecule has 5 aliphatic rings. The summed E-state index contributed by atoms with van der Waals surface area (Å²) >= 11 is 0. The van der Waals surface area contributed by atoms with Gasteiger partial charge in [0.1, 0.15) is 5.75 Å². The monoisotopic (exact) mass is 410 g/mol. The third kappa shape index (κ3) is 2.64. The lowest BCUT2D eigenvalue weighted by Crippen LogP contribution is -2.69. The summed E-state index contributed by atoms with van der Waals surface area (Å²) in [5, 5.41) is 12.4. The van der Waals surface area contributed by atoms with Crippen molar-refractivity contribution in [3.05, 3.63) is 29.3 Å². The first-order valence-electron chi connectivity index (χ1n) is 12.0. The number of fused-ring (bicyclic) bond motifs is 1. The van der Waals surface area contributed by atoms with Crippen molar-refractivity contribution >= 4 is 5.91 Å². The van der Waals surface area contributed by atoms with E-state index in [2.05, 4.69) is 28.0 Å². The van der Waals surface area contributed by atoms with E-state index in [1.165, 1.54) is 24.0 Å². The third-order valence-corrected chi connectivity index (χ3v) is 9.00. The topological polar surface area (TPSA) is 53.0 Å². The molecule has 1 aromatic rings. The molecule has 0 aromatic heterocycles. The summed E-state index contributed by atoms with van der Waals surface area (Å²) in [6.45, 7) is 3.93. The quantitative estimate of drug-likeness (QED) is 0.829. The molecule has 162 valence electrons. The molecule has 1 amide bonds. The number of carbonyl (C=O) groups is 1. The first-order chi connectivity index (χ1) is 14.5. The van der Waals surface area contributed by atoms with E-state index >= 15 is 0 Å². The van der Waals surface area contributed by atoms with Crippen molar-refractivity contribution in [2.45, 2.75) is 68.4 Å². The van der Waals surface area contributed by atoms with Crippen molar-refractivity contribution < 1.29 is 14.6 Å². The van der Waals surface area contributed by atoms with Gasteiger partial charge in [0.05, 0.1) is 12.7 Å². The molecule has 4 atom stereocenters. The van der Waals surface area contributed by atoms with Crippen molar-refractivity contribution in [1.29, 1.82) is 0 Å². The van der Waals surface area contributed by atoms with Gasteiger partial charge in [-0.2, -0.15) is 0 Å². The molecule has 3 aliphatic carbocycles. The van der Waals surface area contributed by atoms with Crippen LogP contribution >= 0.6 is 0 Å². The van der Waals surface area contributed by atoms with E-state index in [4.69, 9.17) is 4.74 Å². The highest BCUT2D eigenvalue weighted by Gasteiger charge is 2.68. The van der Waals surface area contributed by atoms with Crippen LogP contribution in [0.25, 0.3) is 0 Å². The average molecular weight is 411 g/mol. The number of ether oxygens (including phenoxy) is 1. The van der Waals surface area contributed by atoms with Gasteiger partial charge in [-0.3, -0.25) is 9.69 Å². The number of piperidine rings is 1. The average Bonchev–Trinajstić information content (AvgIpc) is 3.26. The first-order valence-corrected chi connectivity index (χ1v) is 12.0. The van der Waals surface area contributed by atoms with Crippen LogP contribution in [0.5, 0.6) is 5.75 Å². The fourth-order valence-electron chi connectivity index (χ4n) is 7.32. The number of likely N-dealkylation sites (tertiary alicyclic amines) is 2. The zero-order chi connectivity index (χ0) is 20.5. The molecule has 1 aromatic carbocycles. The van der Waals surface area contributed by atoms with Crippen LogP contribution in [0.3, 0.4) is 0 Å². The molecule has 2 bridgehead atoms. The van der Waals surface area contributed by atoms with Gasteiger partial charge in [-0.25, -0.2) is 0 Å². The van der Waals surface area contributed by atoms with E-state index in [-0.39, 0.29) is 23.3 Å². The number of aliphatic hydroxyl groups is 1. The molecule has 2 saturated heterocycles. The van der Waals surface area contributed by atoms with Gasteiger partial charge >= 0.3 is 0 Å². The van der Waals surface area contributed by atoms with E-state index in [0.717, 1.165) is 70.0 Å². The molecule has 0 radical (unpaired) electrons. The third-order valence-electron chi connectivity index (χ3n) is 9.00. The minimum atomic E-state index is -0.820. The van der Waals surface area contributed by atoms with Crippen LogP contribution in [0.2, 0.25) is 0 Å². The molecule has 0 unspecified atom stereocenters. The van der Waals surface area contributed by atoms with Crippen LogP contribution in [0.1, 0.15) is 56.1 Å². The van der Waals surface area contributed by atoms with E-state index in [1.807, 2.05) is 0 Å². The molecule has 2 saturated carbocycles. The summed E-state index contributed by atoms with van der Waals surface area (Å²) in [4.78, 5) is 18.0. The largest absolute Gasteiger partial charge is 0.497 e. The molecule has 5 nitrogen and oxygen atoms in total. The second kappa shape index (κ2) is 6.70. The summed E-state index contributed by atoms with van der Waals surface area (Å²) in [5.41, 5.74) is 1.46. The highest BCUT2D eigenvalue weighted by molar-refractivity contribution is 5.80. The lowest BCUT2D eigenvalue weighted by Gasteiger charge is -2.59. The molecule has 2 heterocycles. The second-order valence-corrected chi connectivity index (χ2v) is 10.6. The molecule has 5 heteroatoms. The highest BCUT2D eigenvalue weighted by atomic mass is 16.5. The second-order valence-electron chi connectivity index (χ2n) is 10.6. The van der Waals surface area contributed by atoms with Crippen molar-refractivity contribution in [2.75, 3.05) is 33.3 Å². The number of rotatable bonds is 4. The first kappa shape index (κ1) is 19.1. The van der Waals surface area contributed by atoms with Crippen molar-refractivity contribution in [1.82, 2.24) is 9.80 Å². The summed E-state index contributed by atoms with van der Waals surface area (Å²) in [5.74, 6) is 1.89. The fourth-order valence-corrected chi connectivity index (χ4v) is 7.32. The molecule has 4 fully saturated rings. The van der Waals surface area contributed by atoms with Gasteiger partial charge in [-0.1, -0.05) is 6.07 Å². The van der Waals surface area contributed by atoms with Crippen LogP contribution in [0.15, 0.2) is 18.2 Å². The Labute approximate surface area is 179 Å². The Balaban J connectivity index is 1.42. The van der Waals surface area contributed by atoms with Crippen LogP contribution in [0, 0.1) is 11.8 Å². The summed E-state index contributed by atoms with van der Waals surface area (Å²) in [6, 6.07) is 6.56. The zero-order valence-electron chi connectivity index (χ0n) is 18.1. The lowest BCUT2D eigenvalue weighted by atomic mass is 9.56. The normalized spacial score (nSPS) is 37.7. The maximum Gasteiger partial charge on any atom is 0.225 e. The van der Waals surface area contributed by atoms with E-state index in [0.29, 0.717) is 6.42 Å². The van der Waals surface area contributed by atoms with Gasteiger partial charge in [0.2, 0.25) is 5.91 Å². The Morgan fingerprint density at radius 1 is 1.20 bits per heavy atom. The van der Waals surface area contributed by atoms with Gasteiger partial charge < -0.3 is 14.7 Å². The molecular weight excluding hydrogens is 376 g/mol. The highest BCUT2D eigenvalue weighted by Crippen LogP contribution is 2.62. The van der Waals surface area contributed by atoms with Crippen LogP contribution < -0.4 is 4.74 Å². The van der Waals surface area contributed by atoms with Gasteiger partial charge in [0.15, 0.2) is 0 Å². The molecule has 6 rings (SSSR count). The van der Waals surface area contributed by atoms with Crippen molar-refractivity contribution in [3.63, 3.8) is 0 Å². The van der Waals surface area contributed by atoms with Gasteiger partial charge in [0.25, 0.3) is 0 Å². The minimum absolute atomic E-state index is 0.0615. The summed E-state index contributed by atoms with van der Waals surface area (Å²) < 4.78 is 5.57. The standard InChI is InChI=1S/C25H34N2O3/c1-30-20-7-6-18-12-22-25(29)15-19(23(28)26-9-2-3-10-26)14-24(25,21(18)13-20)8-11-27(22)16-17-4-5-17/h6-7,13,17,19,22,29H,2-5,8-12,14-16H2,1H3/t19-,22+,24+,25+/m0/s1.